The van der Waals surface area contributed by atoms with E-state index in [0.29, 0.717) is 17.7 Å². The van der Waals surface area contributed by atoms with Crippen molar-refractivity contribution in [1.82, 2.24) is 0 Å². The zero-order chi connectivity index (χ0) is 14.7. The summed E-state index contributed by atoms with van der Waals surface area (Å²) < 4.78 is 39.5. The summed E-state index contributed by atoms with van der Waals surface area (Å²) in [4.78, 5) is 9.88. The second-order valence-corrected chi connectivity index (χ2v) is 4.02. The van der Waals surface area contributed by atoms with E-state index in [9.17, 15) is 23.3 Å². The number of benzene rings is 2. The van der Waals surface area contributed by atoms with Gasteiger partial charge in [-0.3, -0.25) is 10.1 Å². The lowest BCUT2D eigenvalue weighted by atomic mass is 10.2. The first-order valence-electron chi connectivity index (χ1n) is 5.59. The average molecular weight is 282 g/mol. The lowest BCUT2D eigenvalue weighted by Crippen LogP contribution is -2.05. The van der Waals surface area contributed by atoms with Crippen molar-refractivity contribution in [3.63, 3.8) is 0 Å². The van der Waals surface area contributed by atoms with Gasteiger partial charge < -0.3 is 5.32 Å². The van der Waals surface area contributed by atoms with Crippen molar-refractivity contribution < 1.29 is 18.1 Å². The normalized spacial score (nSPS) is 10.3. The molecule has 0 aliphatic carbocycles. The molecule has 0 amide bonds. The molecule has 0 saturated carbocycles. The van der Waals surface area contributed by atoms with Crippen LogP contribution in [0.25, 0.3) is 0 Å². The van der Waals surface area contributed by atoms with Gasteiger partial charge in [-0.1, -0.05) is 12.1 Å². The molecule has 104 valence electrons. The molecule has 0 spiro atoms. The molecule has 1 N–H and O–H groups in total. The molecule has 7 heteroatoms. The van der Waals surface area contributed by atoms with E-state index in [0.717, 1.165) is 0 Å². The number of nitrogens with zero attached hydrogens (tertiary/aromatic N) is 1. The topological polar surface area (TPSA) is 55.2 Å². The Hall–Kier alpha value is -2.57. The molecule has 0 saturated heterocycles. The Labute approximate surface area is 112 Å². The highest BCUT2D eigenvalue weighted by molar-refractivity contribution is 5.62. The quantitative estimate of drug-likeness (QED) is 0.688. The molecule has 0 aliphatic rings. The van der Waals surface area contributed by atoms with Crippen molar-refractivity contribution in [2.24, 2.45) is 0 Å². The third-order valence-corrected chi connectivity index (χ3v) is 2.59. The monoisotopic (exact) mass is 282 g/mol. The molecule has 0 aromatic heterocycles. The first kappa shape index (κ1) is 13.9. The van der Waals surface area contributed by atoms with Gasteiger partial charge in [-0.05, 0) is 17.7 Å². The molecule has 0 unspecified atom stereocenters. The van der Waals surface area contributed by atoms with Crippen molar-refractivity contribution in [1.29, 1.82) is 0 Å². The van der Waals surface area contributed by atoms with Crippen LogP contribution in [0.4, 0.5) is 24.5 Å². The number of hydrogen-bond acceptors (Lipinski definition) is 3. The van der Waals surface area contributed by atoms with Crippen LogP contribution in [0.1, 0.15) is 5.56 Å². The van der Waals surface area contributed by atoms with E-state index in [1.807, 2.05) is 0 Å². The van der Waals surface area contributed by atoms with Crippen molar-refractivity contribution in [2.75, 3.05) is 5.32 Å². The van der Waals surface area contributed by atoms with Crippen LogP contribution in [0.2, 0.25) is 0 Å². The Morgan fingerprint density at radius 3 is 2.50 bits per heavy atom. The third-order valence-electron chi connectivity index (χ3n) is 2.59. The van der Waals surface area contributed by atoms with E-state index in [2.05, 4.69) is 5.32 Å². The summed E-state index contributed by atoms with van der Waals surface area (Å²) >= 11 is 0. The minimum Gasteiger partial charge on any atom is -0.373 e. The van der Waals surface area contributed by atoms with Gasteiger partial charge in [-0.25, -0.2) is 13.2 Å². The standard InChI is InChI=1S/C13H9F3N2O2/c14-9-3-1-2-8(4-9)7-17-13-11(16)5-10(15)6-12(13)18(19)20/h1-6,17H,7H2. The van der Waals surface area contributed by atoms with E-state index in [1.54, 1.807) is 6.07 Å². The Balaban J connectivity index is 2.27. The summed E-state index contributed by atoms with van der Waals surface area (Å²) in [5, 5.41) is 13.2. The number of nitro groups is 1. The van der Waals surface area contributed by atoms with Gasteiger partial charge in [0.15, 0.2) is 5.82 Å². The van der Waals surface area contributed by atoms with Crippen molar-refractivity contribution in [2.45, 2.75) is 6.54 Å². The maximum atomic E-state index is 13.6. The molecule has 2 rings (SSSR count). The summed E-state index contributed by atoms with van der Waals surface area (Å²) in [6.07, 6.45) is 0. The molecule has 20 heavy (non-hydrogen) atoms. The van der Waals surface area contributed by atoms with Crippen LogP contribution in [0.3, 0.4) is 0 Å². The van der Waals surface area contributed by atoms with E-state index >= 15 is 0 Å². The molecule has 0 heterocycles. The van der Waals surface area contributed by atoms with Gasteiger partial charge in [0.25, 0.3) is 5.69 Å². The molecule has 2 aromatic carbocycles. The number of nitrogens with one attached hydrogen (secondary N) is 1. The fraction of sp³-hybridized carbons (Fsp3) is 0.0769. The van der Waals surface area contributed by atoms with Gasteiger partial charge in [-0.15, -0.1) is 0 Å². The fourth-order valence-corrected chi connectivity index (χ4v) is 1.72. The van der Waals surface area contributed by atoms with Crippen LogP contribution in [0.5, 0.6) is 0 Å². The summed E-state index contributed by atoms with van der Waals surface area (Å²) in [6, 6.07) is 6.65. The Morgan fingerprint density at radius 1 is 1.10 bits per heavy atom. The molecule has 0 aliphatic heterocycles. The molecule has 0 radical (unpaired) electrons. The number of hydrogen-bond donors (Lipinski definition) is 1. The SMILES string of the molecule is O=[N+]([O-])c1cc(F)cc(F)c1NCc1cccc(F)c1. The van der Waals surface area contributed by atoms with Gasteiger partial charge in [0.05, 0.1) is 11.0 Å². The van der Waals surface area contributed by atoms with E-state index in [4.69, 9.17) is 0 Å². The van der Waals surface area contributed by atoms with Gasteiger partial charge in [0, 0.05) is 12.6 Å². The zero-order valence-electron chi connectivity index (χ0n) is 10.1. The van der Waals surface area contributed by atoms with Crippen LogP contribution < -0.4 is 5.32 Å². The first-order chi connectivity index (χ1) is 9.47. The number of nitro benzene ring substituents is 1. The van der Waals surface area contributed by atoms with Crippen LogP contribution in [-0.2, 0) is 6.54 Å². The Bertz CT molecular complexity index is 662. The molecule has 2 aromatic rings. The van der Waals surface area contributed by atoms with Crippen molar-refractivity contribution in [3.8, 4) is 0 Å². The Morgan fingerprint density at radius 2 is 1.85 bits per heavy atom. The summed E-state index contributed by atoms with van der Waals surface area (Å²) in [5.41, 5.74) is -0.664. The number of anilines is 1. The van der Waals surface area contributed by atoms with E-state index < -0.39 is 33.7 Å². The van der Waals surface area contributed by atoms with Gasteiger partial charge in [0.2, 0.25) is 0 Å². The van der Waals surface area contributed by atoms with Crippen LogP contribution >= 0.6 is 0 Å². The maximum Gasteiger partial charge on any atom is 0.298 e. The summed E-state index contributed by atoms with van der Waals surface area (Å²) in [6.45, 7) is -0.0266. The second-order valence-electron chi connectivity index (χ2n) is 4.02. The smallest absolute Gasteiger partial charge is 0.298 e. The predicted molar refractivity (Wildman–Crippen MR) is 66.7 cm³/mol. The lowest BCUT2D eigenvalue weighted by Gasteiger charge is -2.08. The number of halogens is 3. The van der Waals surface area contributed by atoms with E-state index in [-0.39, 0.29) is 6.54 Å². The molecular formula is C13H9F3N2O2. The van der Waals surface area contributed by atoms with Gasteiger partial charge >= 0.3 is 0 Å². The van der Waals surface area contributed by atoms with Crippen LogP contribution in [-0.4, -0.2) is 4.92 Å². The fourth-order valence-electron chi connectivity index (χ4n) is 1.72. The molecule has 0 atom stereocenters. The minimum atomic E-state index is -1.08. The minimum absolute atomic E-state index is 0.0266. The number of rotatable bonds is 4. The third kappa shape index (κ3) is 3.05. The highest BCUT2D eigenvalue weighted by Crippen LogP contribution is 2.29. The Kier molecular flexibility index (Phi) is 3.88. The first-order valence-corrected chi connectivity index (χ1v) is 5.59. The van der Waals surface area contributed by atoms with Gasteiger partial charge in [-0.2, -0.15) is 0 Å². The maximum absolute atomic E-state index is 13.6. The highest BCUT2D eigenvalue weighted by Gasteiger charge is 2.20. The van der Waals surface area contributed by atoms with Crippen LogP contribution in [0, 0.1) is 27.6 Å². The molecule has 0 bridgehead atoms. The summed E-state index contributed by atoms with van der Waals surface area (Å²) in [7, 11) is 0. The lowest BCUT2D eigenvalue weighted by molar-refractivity contribution is -0.384. The molecular weight excluding hydrogens is 273 g/mol. The second kappa shape index (κ2) is 5.60. The largest absolute Gasteiger partial charge is 0.373 e. The molecule has 4 nitrogen and oxygen atoms in total. The average Bonchev–Trinajstić information content (AvgIpc) is 2.36. The molecule has 0 fully saturated rings. The van der Waals surface area contributed by atoms with Crippen molar-refractivity contribution >= 4 is 11.4 Å². The van der Waals surface area contributed by atoms with Crippen molar-refractivity contribution in [3.05, 3.63) is 69.5 Å². The summed E-state index contributed by atoms with van der Waals surface area (Å²) in [5.74, 6) is -2.59. The highest BCUT2D eigenvalue weighted by atomic mass is 19.1. The van der Waals surface area contributed by atoms with E-state index in [1.165, 1.54) is 18.2 Å². The van der Waals surface area contributed by atoms with Crippen LogP contribution in [0.15, 0.2) is 36.4 Å². The predicted octanol–water partition coefficient (Wildman–Crippen LogP) is 3.62. The zero-order valence-corrected chi connectivity index (χ0v) is 10.1. The van der Waals surface area contributed by atoms with Gasteiger partial charge in [0.1, 0.15) is 17.3 Å².